The topological polar surface area (TPSA) is 50.7 Å². The Hall–Kier alpha value is -1.82. The van der Waals surface area contributed by atoms with Crippen LogP contribution in [0, 0.1) is 0 Å². The van der Waals surface area contributed by atoms with Crippen LogP contribution in [0.3, 0.4) is 0 Å². The first-order valence-corrected chi connectivity index (χ1v) is 6.40. The van der Waals surface area contributed by atoms with Gasteiger partial charge < -0.3 is 5.73 Å². The molecule has 7 heteroatoms. The summed E-state index contributed by atoms with van der Waals surface area (Å²) in [6.07, 6.45) is 1.57. The van der Waals surface area contributed by atoms with Gasteiger partial charge in [-0.15, -0.1) is 0 Å². The quantitative estimate of drug-likeness (QED) is 0.438. The van der Waals surface area contributed by atoms with E-state index >= 15 is 0 Å². The highest BCUT2D eigenvalue weighted by Gasteiger charge is 2.23. The number of rotatable bonds is 6. The Morgan fingerprint density at radius 3 is 2.43 bits per heavy atom. The van der Waals surface area contributed by atoms with Crippen molar-refractivity contribution >= 4 is 24.2 Å². The molecule has 0 saturated carbocycles. The lowest BCUT2D eigenvalue weighted by atomic mass is 10.1. The summed E-state index contributed by atoms with van der Waals surface area (Å²) in [5.74, 6) is 0. The molecule has 0 saturated heterocycles. The Labute approximate surface area is 127 Å². The van der Waals surface area contributed by atoms with Gasteiger partial charge in [0.1, 0.15) is 12.6 Å². The summed E-state index contributed by atoms with van der Waals surface area (Å²) in [7, 11) is 0. The average Bonchev–Trinajstić information content (AvgIpc) is 2.42. The van der Waals surface area contributed by atoms with Gasteiger partial charge in [-0.25, -0.2) is 9.98 Å². The van der Waals surface area contributed by atoms with E-state index in [-0.39, 0.29) is 6.21 Å². The number of halogens is 4. The molecule has 116 valence electrons. The summed E-state index contributed by atoms with van der Waals surface area (Å²) in [6, 6.07) is 0. The van der Waals surface area contributed by atoms with Crippen molar-refractivity contribution in [1.29, 1.82) is 0 Å². The van der Waals surface area contributed by atoms with Crippen molar-refractivity contribution < 1.29 is 13.2 Å². The van der Waals surface area contributed by atoms with Crippen LogP contribution < -0.4 is 5.73 Å². The third-order valence-electron chi connectivity index (χ3n) is 2.20. The fraction of sp³-hybridized carbons (Fsp3) is 0.286. The maximum absolute atomic E-state index is 11.9. The maximum Gasteiger partial charge on any atom is 0.426 e. The molecule has 2 N–H and O–H groups in total. The number of nitrogens with zero attached hydrogens (tertiary/aromatic N) is 2. The summed E-state index contributed by atoms with van der Waals surface area (Å²) >= 11 is 5.83. The van der Waals surface area contributed by atoms with Crippen molar-refractivity contribution in [3.63, 3.8) is 0 Å². The minimum atomic E-state index is -4.47. The van der Waals surface area contributed by atoms with Gasteiger partial charge in [0.25, 0.3) is 0 Å². The van der Waals surface area contributed by atoms with Crippen LogP contribution in [-0.2, 0) is 0 Å². The summed E-state index contributed by atoms with van der Waals surface area (Å²) < 4.78 is 35.6. The molecule has 0 aliphatic rings. The number of allylic oxidation sites excluding steroid dienone is 4. The van der Waals surface area contributed by atoms with E-state index in [9.17, 15) is 13.2 Å². The molecule has 21 heavy (non-hydrogen) atoms. The highest BCUT2D eigenvalue weighted by molar-refractivity contribution is 6.29. The minimum Gasteiger partial charge on any atom is -0.398 e. The van der Waals surface area contributed by atoms with Gasteiger partial charge in [-0.2, -0.15) is 13.2 Å². The zero-order chi connectivity index (χ0) is 16.5. The smallest absolute Gasteiger partial charge is 0.398 e. The Balaban J connectivity index is 4.95. The molecular weight excluding hydrogens is 303 g/mol. The van der Waals surface area contributed by atoms with Gasteiger partial charge >= 0.3 is 6.18 Å². The van der Waals surface area contributed by atoms with Gasteiger partial charge in [-0.05, 0) is 25.5 Å². The molecule has 0 amide bonds. The average molecular weight is 320 g/mol. The molecule has 0 heterocycles. The molecule has 0 aliphatic carbocycles. The summed E-state index contributed by atoms with van der Waals surface area (Å²) in [5, 5.41) is 0.617. The first kappa shape index (κ1) is 19.2. The van der Waals surface area contributed by atoms with Crippen LogP contribution in [0.25, 0.3) is 0 Å². The van der Waals surface area contributed by atoms with Crippen LogP contribution in [0.2, 0.25) is 0 Å². The van der Waals surface area contributed by atoms with E-state index in [4.69, 9.17) is 17.3 Å². The molecule has 3 nitrogen and oxygen atoms in total. The second kappa shape index (κ2) is 9.18. The lowest BCUT2D eigenvalue weighted by molar-refractivity contribution is -0.0534. The summed E-state index contributed by atoms with van der Waals surface area (Å²) in [4.78, 5) is 6.82. The molecule has 0 bridgehead atoms. The fourth-order valence-electron chi connectivity index (χ4n) is 1.09. The second-order valence-corrected chi connectivity index (χ2v) is 4.29. The summed E-state index contributed by atoms with van der Waals surface area (Å²) in [5.41, 5.74) is 6.80. The van der Waals surface area contributed by atoms with Crippen LogP contribution >= 0.6 is 11.6 Å². The van der Waals surface area contributed by atoms with Crippen molar-refractivity contribution in [2.24, 2.45) is 15.7 Å². The summed E-state index contributed by atoms with van der Waals surface area (Å²) in [6.45, 7) is 7.28. The largest absolute Gasteiger partial charge is 0.426 e. The van der Waals surface area contributed by atoms with Crippen molar-refractivity contribution in [3.05, 3.63) is 46.8 Å². The molecule has 0 aromatic carbocycles. The molecule has 0 unspecified atom stereocenters. The van der Waals surface area contributed by atoms with E-state index < -0.39 is 6.18 Å². The van der Waals surface area contributed by atoms with E-state index in [1.165, 1.54) is 0 Å². The Morgan fingerprint density at radius 1 is 1.33 bits per heavy atom. The van der Waals surface area contributed by atoms with Gasteiger partial charge in [-0.3, -0.25) is 0 Å². The number of nitrogens with two attached hydrogens (primary N) is 1. The maximum atomic E-state index is 11.9. The van der Waals surface area contributed by atoms with Crippen molar-refractivity contribution in [3.8, 4) is 0 Å². The van der Waals surface area contributed by atoms with E-state index in [0.29, 0.717) is 28.4 Å². The Kier molecular flexibility index (Phi) is 8.38. The van der Waals surface area contributed by atoms with Crippen LogP contribution in [0.15, 0.2) is 56.8 Å². The molecule has 0 aromatic heterocycles. The molecule has 0 spiro atoms. The van der Waals surface area contributed by atoms with Crippen molar-refractivity contribution in [2.75, 3.05) is 0 Å². The minimum absolute atomic E-state index is 0.157. The standard InChI is InChI=1S/C14H17ClF3N3/c1-4-11(15)6-7-12(19)10(3)13(5-2)21-9-20-8-14(16,17)18/h5-9H,3-4,19H2,1-2H3/b11-6+,12-7+,13-5-,20-8+,21-9-. The highest BCUT2D eigenvalue weighted by atomic mass is 35.5. The highest BCUT2D eigenvalue weighted by Crippen LogP contribution is 2.16. The Bertz CT molecular complexity index is 512. The fourth-order valence-corrected chi connectivity index (χ4v) is 1.15. The zero-order valence-electron chi connectivity index (χ0n) is 11.8. The third kappa shape index (κ3) is 8.86. The predicted octanol–water partition coefficient (Wildman–Crippen LogP) is 4.48. The first-order valence-electron chi connectivity index (χ1n) is 6.02. The SMILES string of the molecule is C=C(C(=C/C)/N=C\N=C\C(F)(F)F)/C(N)=C\C=C(\Cl)CC. The molecule has 0 fully saturated rings. The number of hydrogen-bond acceptors (Lipinski definition) is 2. The van der Waals surface area contributed by atoms with Crippen molar-refractivity contribution in [1.82, 2.24) is 0 Å². The lowest BCUT2D eigenvalue weighted by Crippen LogP contribution is -2.08. The Morgan fingerprint density at radius 2 is 1.95 bits per heavy atom. The van der Waals surface area contributed by atoms with Crippen LogP contribution in [0.5, 0.6) is 0 Å². The van der Waals surface area contributed by atoms with Gasteiger partial charge in [0.15, 0.2) is 0 Å². The monoisotopic (exact) mass is 319 g/mol. The normalized spacial score (nSPS) is 15.2. The van der Waals surface area contributed by atoms with Crippen LogP contribution in [0.1, 0.15) is 20.3 Å². The number of alkyl halides is 3. The number of hydrogen-bond donors (Lipinski definition) is 1. The number of aliphatic imine (C=N–C) groups is 2. The molecule has 0 aromatic rings. The zero-order valence-corrected chi connectivity index (χ0v) is 12.5. The van der Waals surface area contributed by atoms with E-state index in [2.05, 4.69) is 16.6 Å². The lowest BCUT2D eigenvalue weighted by Gasteiger charge is -2.05. The third-order valence-corrected chi connectivity index (χ3v) is 2.59. The molecule has 0 radical (unpaired) electrons. The van der Waals surface area contributed by atoms with Crippen molar-refractivity contribution in [2.45, 2.75) is 26.4 Å². The molecule has 0 atom stereocenters. The second-order valence-electron chi connectivity index (χ2n) is 3.81. The molecular formula is C14H17ClF3N3. The van der Waals surface area contributed by atoms with Gasteiger partial charge in [-0.1, -0.05) is 31.2 Å². The predicted molar refractivity (Wildman–Crippen MR) is 82.4 cm³/mol. The van der Waals surface area contributed by atoms with Gasteiger partial charge in [0.2, 0.25) is 0 Å². The first-order chi connectivity index (χ1) is 9.71. The van der Waals surface area contributed by atoms with Crippen LogP contribution in [-0.4, -0.2) is 18.7 Å². The van der Waals surface area contributed by atoms with E-state index in [0.717, 1.165) is 6.34 Å². The van der Waals surface area contributed by atoms with E-state index in [1.807, 2.05) is 6.92 Å². The molecule has 0 aliphatic heterocycles. The van der Waals surface area contributed by atoms with Gasteiger partial charge in [0.05, 0.1) is 5.70 Å². The van der Waals surface area contributed by atoms with Gasteiger partial charge in [0, 0.05) is 16.3 Å². The molecule has 0 rings (SSSR count). The van der Waals surface area contributed by atoms with E-state index in [1.54, 1.807) is 25.2 Å². The van der Waals surface area contributed by atoms with Crippen LogP contribution in [0.4, 0.5) is 13.2 Å².